The van der Waals surface area contributed by atoms with Crippen LogP contribution in [-0.2, 0) is 14.9 Å². The molecule has 0 amide bonds. The molecule has 0 saturated carbocycles. The van der Waals surface area contributed by atoms with Gasteiger partial charge in [0.2, 0.25) is 11.1 Å². The molecule has 0 aliphatic carbocycles. The van der Waals surface area contributed by atoms with E-state index in [9.17, 15) is 13.2 Å². The summed E-state index contributed by atoms with van der Waals surface area (Å²) < 4.78 is 34.1. The summed E-state index contributed by atoms with van der Waals surface area (Å²) in [6, 6.07) is 9.73. The van der Waals surface area contributed by atoms with Crippen molar-refractivity contribution >= 4 is 21.8 Å². The molecule has 0 N–H and O–H groups in total. The molecule has 0 spiro atoms. The number of carbonyl (C=O) groups is 1. The van der Waals surface area contributed by atoms with Crippen molar-refractivity contribution in [3.05, 3.63) is 58.6 Å². The Morgan fingerprint density at radius 3 is 2.35 bits per heavy atom. The maximum absolute atomic E-state index is 12.3. The van der Waals surface area contributed by atoms with Crippen molar-refractivity contribution < 1.29 is 22.1 Å². The highest BCUT2D eigenvalue weighted by Crippen LogP contribution is 2.31. The Kier molecular flexibility index (Phi) is 4.62. The molecule has 0 radical (unpaired) electrons. The van der Waals surface area contributed by atoms with Crippen LogP contribution in [0.15, 0.2) is 47.4 Å². The Labute approximate surface area is 133 Å². The fourth-order valence-corrected chi connectivity index (χ4v) is 2.72. The van der Waals surface area contributed by atoms with Crippen molar-refractivity contribution in [1.82, 2.24) is 0 Å². The number of benzene rings is 2. The molecule has 0 saturated heterocycles. The molecule has 2 aromatic rings. The third kappa shape index (κ3) is 3.64. The van der Waals surface area contributed by atoms with Gasteiger partial charge in [-0.1, -0.05) is 17.7 Å². The fourth-order valence-electron chi connectivity index (χ4n) is 1.78. The van der Waals surface area contributed by atoms with E-state index in [0.717, 1.165) is 11.6 Å². The number of hydrogen-bond donors (Lipinski definition) is 0. The van der Waals surface area contributed by atoms with Gasteiger partial charge in [0.15, 0.2) is 4.98 Å². The Hall–Kier alpha value is -2.92. The van der Waals surface area contributed by atoms with Gasteiger partial charge in [0, 0.05) is 12.1 Å². The SMILES string of the molecule is COC(=O)c1ccc([N+]#N)c(OS(=O)(=O)c2ccc(C)cc2)c1. The summed E-state index contributed by atoms with van der Waals surface area (Å²) in [5.41, 5.74) is 0.824. The van der Waals surface area contributed by atoms with Crippen LogP contribution >= 0.6 is 0 Å². The summed E-state index contributed by atoms with van der Waals surface area (Å²) in [6.07, 6.45) is 0. The third-order valence-electron chi connectivity index (χ3n) is 3.00. The van der Waals surface area contributed by atoms with Gasteiger partial charge in [0.25, 0.3) is 0 Å². The molecule has 7 nitrogen and oxygen atoms in total. The van der Waals surface area contributed by atoms with E-state index in [0.29, 0.717) is 0 Å². The minimum Gasteiger partial charge on any atom is -0.465 e. The van der Waals surface area contributed by atoms with Crippen LogP contribution in [0, 0.1) is 12.3 Å². The van der Waals surface area contributed by atoms with Crippen LogP contribution in [0.2, 0.25) is 0 Å². The molecule has 0 heterocycles. The third-order valence-corrected chi connectivity index (χ3v) is 4.25. The highest BCUT2D eigenvalue weighted by atomic mass is 32.2. The van der Waals surface area contributed by atoms with Gasteiger partial charge in [-0.3, -0.25) is 0 Å². The molecular weight excluding hydrogens is 320 g/mol. The predicted molar refractivity (Wildman–Crippen MR) is 81.5 cm³/mol. The van der Waals surface area contributed by atoms with Gasteiger partial charge in [0.05, 0.1) is 12.7 Å². The van der Waals surface area contributed by atoms with Crippen LogP contribution in [0.4, 0.5) is 5.69 Å². The summed E-state index contributed by atoms with van der Waals surface area (Å²) in [5, 5.41) is 8.94. The van der Waals surface area contributed by atoms with Crippen LogP contribution in [-0.4, -0.2) is 21.5 Å². The first-order valence-electron chi connectivity index (χ1n) is 6.46. The molecule has 0 unspecified atom stereocenters. The lowest BCUT2D eigenvalue weighted by Crippen LogP contribution is -2.10. The van der Waals surface area contributed by atoms with Crippen LogP contribution in [0.1, 0.15) is 15.9 Å². The first kappa shape index (κ1) is 16.5. The smallest absolute Gasteiger partial charge is 0.428 e. The second kappa shape index (κ2) is 6.46. The van der Waals surface area contributed by atoms with E-state index in [-0.39, 0.29) is 21.9 Å². The van der Waals surface area contributed by atoms with Gasteiger partial charge in [-0.25, -0.2) is 4.79 Å². The normalized spacial score (nSPS) is 10.7. The van der Waals surface area contributed by atoms with Crippen molar-refractivity contribution in [2.24, 2.45) is 0 Å². The number of nitrogens with zero attached hydrogens (tertiary/aromatic N) is 2. The molecule has 0 atom stereocenters. The molecule has 8 heteroatoms. The highest BCUT2D eigenvalue weighted by molar-refractivity contribution is 7.87. The monoisotopic (exact) mass is 333 g/mol. The maximum Gasteiger partial charge on any atom is 0.428 e. The molecule has 0 bridgehead atoms. The quantitative estimate of drug-likeness (QED) is 0.484. The molecular formula is C15H13N2O5S+. The summed E-state index contributed by atoms with van der Waals surface area (Å²) in [7, 11) is -2.94. The van der Waals surface area contributed by atoms with E-state index < -0.39 is 16.1 Å². The van der Waals surface area contributed by atoms with E-state index in [1.165, 1.54) is 31.4 Å². The Bertz CT molecular complexity index is 883. The zero-order chi connectivity index (χ0) is 17.0. The minimum atomic E-state index is -4.14. The van der Waals surface area contributed by atoms with Crippen molar-refractivity contribution in [2.45, 2.75) is 11.8 Å². The molecule has 2 rings (SSSR count). The molecule has 118 valence electrons. The number of aryl methyl sites for hydroxylation is 1. The van der Waals surface area contributed by atoms with Crippen LogP contribution in [0.3, 0.4) is 0 Å². The van der Waals surface area contributed by atoms with Crippen molar-refractivity contribution in [1.29, 1.82) is 5.39 Å². The number of esters is 1. The van der Waals surface area contributed by atoms with Crippen LogP contribution in [0.25, 0.3) is 4.98 Å². The summed E-state index contributed by atoms with van der Waals surface area (Å²) in [4.78, 5) is 14.4. The predicted octanol–water partition coefficient (Wildman–Crippen LogP) is 3.03. The molecule has 0 aliphatic rings. The lowest BCUT2D eigenvalue weighted by Gasteiger charge is -2.06. The zero-order valence-corrected chi connectivity index (χ0v) is 13.2. The summed E-state index contributed by atoms with van der Waals surface area (Å²) >= 11 is 0. The van der Waals surface area contributed by atoms with Gasteiger partial charge < -0.3 is 8.92 Å². The summed E-state index contributed by atoms with van der Waals surface area (Å²) in [5.74, 6) is -0.956. The molecule has 2 aromatic carbocycles. The second-order valence-corrected chi connectivity index (χ2v) is 6.17. The van der Waals surface area contributed by atoms with Crippen LogP contribution < -0.4 is 4.18 Å². The molecule has 0 fully saturated rings. The maximum atomic E-state index is 12.3. The molecule has 0 aliphatic heterocycles. The highest BCUT2D eigenvalue weighted by Gasteiger charge is 2.25. The van der Waals surface area contributed by atoms with Gasteiger partial charge in [-0.15, -0.1) is 0 Å². The largest absolute Gasteiger partial charge is 0.465 e. The van der Waals surface area contributed by atoms with E-state index in [2.05, 4.69) is 9.71 Å². The van der Waals surface area contributed by atoms with Crippen molar-refractivity contribution in [2.75, 3.05) is 7.11 Å². The standard InChI is InChI=1S/C15H13N2O5S/c1-10-3-6-12(7-4-10)23(19,20)22-14-9-11(15(18)21-2)5-8-13(14)17-16/h3-9H,1-2H3/q+1. The van der Waals surface area contributed by atoms with Crippen molar-refractivity contribution in [3.8, 4) is 5.75 Å². The lowest BCUT2D eigenvalue weighted by atomic mass is 10.2. The van der Waals surface area contributed by atoms with Gasteiger partial charge in [0.1, 0.15) is 4.90 Å². The minimum absolute atomic E-state index is 0.0598. The Balaban J connectivity index is 2.43. The number of ether oxygens (including phenoxy) is 1. The zero-order valence-electron chi connectivity index (χ0n) is 12.4. The van der Waals surface area contributed by atoms with Gasteiger partial charge in [-0.2, -0.15) is 8.42 Å². The molecule has 0 aromatic heterocycles. The van der Waals surface area contributed by atoms with E-state index >= 15 is 0 Å². The first-order chi connectivity index (χ1) is 10.9. The molecule has 23 heavy (non-hydrogen) atoms. The first-order valence-corrected chi connectivity index (χ1v) is 7.87. The van der Waals surface area contributed by atoms with Gasteiger partial charge in [-0.05, 0) is 25.1 Å². The number of hydrogen-bond acceptors (Lipinski definition) is 6. The topological polar surface area (TPSA) is 97.8 Å². The summed E-state index contributed by atoms with van der Waals surface area (Å²) in [6.45, 7) is 1.82. The second-order valence-electron chi connectivity index (χ2n) is 4.62. The number of diazo groups is 1. The van der Waals surface area contributed by atoms with Crippen LogP contribution in [0.5, 0.6) is 5.75 Å². The van der Waals surface area contributed by atoms with Gasteiger partial charge >= 0.3 is 21.8 Å². The number of carbonyl (C=O) groups excluding carboxylic acids is 1. The Morgan fingerprint density at radius 2 is 1.78 bits per heavy atom. The number of rotatable bonds is 4. The lowest BCUT2D eigenvalue weighted by molar-refractivity contribution is 0.0600. The average Bonchev–Trinajstić information content (AvgIpc) is 2.54. The number of methoxy groups -OCH3 is 1. The van der Waals surface area contributed by atoms with Crippen molar-refractivity contribution in [3.63, 3.8) is 0 Å². The Morgan fingerprint density at radius 1 is 1.13 bits per heavy atom. The van der Waals surface area contributed by atoms with E-state index in [1.54, 1.807) is 12.1 Å². The van der Waals surface area contributed by atoms with E-state index in [1.807, 2.05) is 6.92 Å². The van der Waals surface area contributed by atoms with E-state index in [4.69, 9.17) is 9.58 Å². The fraction of sp³-hybridized carbons (Fsp3) is 0.133. The average molecular weight is 333 g/mol.